The lowest BCUT2D eigenvalue weighted by molar-refractivity contribution is 0.103. The lowest BCUT2D eigenvalue weighted by Crippen LogP contribution is -2.46. The zero-order chi connectivity index (χ0) is 22.2. The Morgan fingerprint density at radius 3 is 2.42 bits per heavy atom. The van der Waals surface area contributed by atoms with Crippen LogP contribution < -0.4 is 0 Å². The van der Waals surface area contributed by atoms with Crippen molar-refractivity contribution in [3.05, 3.63) is 58.4 Å². The van der Waals surface area contributed by atoms with E-state index in [0.29, 0.717) is 22.6 Å². The molecular weight excluding hydrogens is 432 g/mol. The molecule has 0 atom stereocenters. The van der Waals surface area contributed by atoms with Crippen LogP contribution >= 0.6 is 12.2 Å². The summed E-state index contributed by atoms with van der Waals surface area (Å²) >= 11 is 5.43. The predicted octanol–water partition coefficient (Wildman–Crippen LogP) is 3.30. The maximum atomic E-state index is 12.5. The molecule has 1 saturated heterocycles. The number of benzene rings is 2. The van der Waals surface area contributed by atoms with E-state index in [1.165, 1.54) is 29.5 Å². The Kier molecular flexibility index (Phi) is 6.32. The molecule has 0 saturated carbocycles. The molecule has 0 N–H and O–H groups in total. The highest BCUT2D eigenvalue weighted by atomic mass is 32.2. The molecule has 9 heteroatoms. The highest BCUT2D eigenvalue weighted by Gasteiger charge is 2.21. The number of fused-ring (bicyclic) bond motifs is 1. The first-order valence-electron chi connectivity index (χ1n) is 10.3. The Morgan fingerprint density at radius 1 is 1.03 bits per heavy atom. The number of hydrogen-bond acceptors (Lipinski definition) is 6. The molecule has 0 radical (unpaired) electrons. The minimum absolute atomic E-state index is 0.234. The number of sulfonamides is 1. The predicted molar refractivity (Wildman–Crippen MR) is 124 cm³/mol. The Labute approximate surface area is 188 Å². The van der Waals surface area contributed by atoms with E-state index in [2.05, 4.69) is 41.0 Å². The SMILES string of the molecule is Cc1cccc(CN2CCN(Cn3c(=S)oc4ccc(S(=O)(=O)N(C)C)cc43)CC2)c1. The average Bonchev–Trinajstić information content (AvgIpc) is 3.04. The van der Waals surface area contributed by atoms with E-state index < -0.39 is 10.0 Å². The highest BCUT2D eigenvalue weighted by molar-refractivity contribution is 7.89. The van der Waals surface area contributed by atoms with E-state index in [-0.39, 0.29) is 4.90 Å². The highest BCUT2D eigenvalue weighted by Crippen LogP contribution is 2.24. The standard InChI is InChI=1S/C22H28N4O3S2/c1-17-5-4-6-18(13-17)15-24-9-11-25(12-10-24)16-26-20-14-19(31(27,28)23(2)3)7-8-21(20)29-22(26)30/h4-8,13-14H,9-12,15-16H2,1-3H3. The molecule has 0 spiro atoms. The van der Waals surface area contributed by atoms with E-state index in [1.807, 2.05) is 4.57 Å². The maximum absolute atomic E-state index is 12.5. The second-order valence-corrected chi connectivity index (χ2v) is 10.7. The molecule has 3 aromatic rings. The fourth-order valence-corrected chi connectivity index (χ4v) is 5.07. The van der Waals surface area contributed by atoms with Crippen LogP contribution in [0.5, 0.6) is 0 Å². The van der Waals surface area contributed by atoms with Crippen LogP contribution in [0.25, 0.3) is 11.1 Å². The summed E-state index contributed by atoms with van der Waals surface area (Å²) in [6.07, 6.45) is 0. The third-order valence-electron chi connectivity index (χ3n) is 5.71. The van der Waals surface area contributed by atoms with Gasteiger partial charge in [0.2, 0.25) is 10.0 Å². The molecular formula is C22H28N4O3S2. The van der Waals surface area contributed by atoms with Crippen LogP contribution in [0.3, 0.4) is 0 Å². The lowest BCUT2D eigenvalue weighted by Gasteiger charge is -2.34. The van der Waals surface area contributed by atoms with Crippen molar-refractivity contribution in [2.24, 2.45) is 0 Å². The van der Waals surface area contributed by atoms with Crippen molar-refractivity contribution in [1.82, 2.24) is 18.7 Å². The number of aryl methyl sites for hydroxylation is 1. The van der Waals surface area contributed by atoms with Crippen molar-refractivity contribution in [1.29, 1.82) is 0 Å². The monoisotopic (exact) mass is 460 g/mol. The van der Waals surface area contributed by atoms with E-state index in [9.17, 15) is 8.42 Å². The number of aromatic nitrogens is 1. The number of rotatable bonds is 6. The molecule has 7 nitrogen and oxygen atoms in total. The van der Waals surface area contributed by atoms with Gasteiger partial charge in [0, 0.05) is 46.8 Å². The number of hydrogen-bond donors (Lipinski definition) is 0. The number of nitrogens with zero attached hydrogens (tertiary/aromatic N) is 4. The van der Waals surface area contributed by atoms with Gasteiger partial charge in [0.25, 0.3) is 4.84 Å². The van der Waals surface area contributed by atoms with Crippen LogP contribution in [-0.4, -0.2) is 67.4 Å². The Hall–Kier alpha value is -2.04. The molecule has 1 aliphatic rings. The van der Waals surface area contributed by atoms with Gasteiger partial charge in [-0.25, -0.2) is 12.7 Å². The van der Waals surface area contributed by atoms with E-state index in [0.717, 1.165) is 32.7 Å². The minimum Gasteiger partial charge on any atom is -0.429 e. The first-order valence-corrected chi connectivity index (χ1v) is 12.1. The van der Waals surface area contributed by atoms with Crippen molar-refractivity contribution in [2.45, 2.75) is 25.0 Å². The summed E-state index contributed by atoms with van der Waals surface area (Å²) in [5.74, 6) is 0. The molecule has 0 aliphatic carbocycles. The van der Waals surface area contributed by atoms with Gasteiger partial charge in [0.15, 0.2) is 5.58 Å². The Bertz CT molecular complexity index is 1240. The molecule has 0 amide bonds. The largest absolute Gasteiger partial charge is 0.429 e. The lowest BCUT2D eigenvalue weighted by atomic mass is 10.1. The van der Waals surface area contributed by atoms with Gasteiger partial charge in [0.05, 0.1) is 17.1 Å². The van der Waals surface area contributed by atoms with Crippen molar-refractivity contribution < 1.29 is 12.8 Å². The Morgan fingerprint density at radius 2 is 1.74 bits per heavy atom. The number of oxazole rings is 1. The zero-order valence-electron chi connectivity index (χ0n) is 18.1. The first-order chi connectivity index (χ1) is 14.7. The van der Waals surface area contributed by atoms with Gasteiger partial charge < -0.3 is 4.42 Å². The Balaban J connectivity index is 1.48. The molecule has 2 aromatic carbocycles. The van der Waals surface area contributed by atoms with Gasteiger partial charge in [-0.3, -0.25) is 14.4 Å². The van der Waals surface area contributed by atoms with Crippen LogP contribution in [-0.2, 0) is 23.2 Å². The summed E-state index contributed by atoms with van der Waals surface area (Å²) in [4.78, 5) is 5.37. The molecule has 2 heterocycles. The molecule has 1 aromatic heterocycles. The van der Waals surface area contributed by atoms with Crippen LogP contribution in [0.15, 0.2) is 51.8 Å². The molecule has 0 bridgehead atoms. The normalized spacial score (nSPS) is 16.4. The molecule has 0 unspecified atom stereocenters. The summed E-state index contributed by atoms with van der Waals surface area (Å²) in [6.45, 7) is 7.42. The molecule has 166 valence electrons. The van der Waals surface area contributed by atoms with E-state index in [4.69, 9.17) is 16.6 Å². The molecule has 1 fully saturated rings. The third kappa shape index (κ3) is 4.75. The quantitative estimate of drug-likeness (QED) is 0.526. The van der Waals surface area contributed by atoms with Crippen molar-refractivity contribution in [3.63, 3.8) is 0 Å². The van der Waals surface area contributed by atoms with Crippen LogP contribution in [0.1, 0.15) is 11.1 Å². The second kappa shape index (κ2) is 8.84. The van der Waals surface area contributed by atoms with Gasteiger partial charge in [-0.1, -0.05) is 29.8 Å². The van der Waals surface area contributed by atoms with E-state index >= 15 is 0 Å². The van der Waals surface area contributed by atoms with Gasteiger partial charge in [-0.05, 0) is 42.9 Å². The number of piperazine rings is 1. The maximum Gasteiger partial charge on any atom is 0.270 e. The third-order valence-corrected chi connectivity index (χ3v) is 7.83. The fraction of sp³-hybridized carbons (Fsp3) is 0.409. The molecule has 4 rings (SSSR count). The summed E-state index contributed by atoms with van der Waals surface area (Å²) in [5, 5.41) is 0. The van der Waals surface area contributed by atoms with Crippen molar-refractivity contribution >= 4 is 33.3 Å². The zero-order valence-corrected chi connectivity index (χ0v) is 19.7. The van der Waals surface area contributed by atoms with Crippen LogP contribution in [0, 0.1) is 11.8 Å². The smallest absolute Gasteiger partial charge is 0.270 e. The topological polar surface area (TPSA) is 61.9 Å². The van der Waals surface area contributed by atoms with Gasteiger partial charge in [-0.2, -0.15) is 0 Å². The molecule has 31 heavy (non-hydrogen) atoms. The summed E-state index contributed by atoms with van der Waals surface area (Å²) in [5.41, 5.74) is 3.93. The van der Waals surface area contributed by atoms with Crippen molar-refractivity contribution in [3.8, 4) is 0 Å². The average molecular weight is 461 g/mol. The van der Waals surface area contributed by atoms with Crippen LogP contribution in [0.4, 0.5) is 0 Å². The van der Waals surface area contributed by atoms with Gasteiger partial charge >= 0.3 is 0 Å². The summed E-state index contributed by atoms with van der Waals surface area (Å²) in [6, 6.07) is 13.5. The van der Waals surface area contributed by atoms with Crippen LogP contribution in [0.2, 0.25) is 0 Å². The van der Waals surface area contributed by atoms with E-state index in [1.54, 1.807) is 18.2 Å². The minimum atomic E-state index is -3.53. The summed E-state index contributed by atoms with van der Waals surface area (Å²) in [7, 11) is -0.474. The van der Waals surface area contributed by atoms with Gasteiger partial charge in [0.1, 0.15) is 0 Å². The molecule has 1 aliphatic heterocycles. The second-order valence-electron chi connectivity index (χ2n) is 8.24. The van der Waals surface area contributed by atoms with Crippen molar-refractivity contribution in [2.75, 3.05) is 40.3 Å². The van der Waals surface area contributed by atoms with Gasteiger partial charge in [-0.15, -0.1) is 0 Å². The first kappa shape index (κ1) is 22.2. The fourth-order valence-electron chi connectivity index (χ4n) is 3.90. The summed E-state index contributed by atoms with van der Waals surface area (Å²) < 4.78 is 33.9.